The van der Waals surface area contributed by atoms with Crippen LogP contribution in [0.2, 0.25) is 5.02 Å². The van der Waals surface area contributed by atoms with Gasteiger partial charge in [-0.15, -0.1) is 0 Å². The Bertz CT molecular complexity index is 1260. The number of nitrogens with zero attached hydrogens (tertiary/aromatic N) is 3. The second-order valence-corrected chi connectivity index (χ2v) is 7.43. The molecule has 0 bridgehead atoms. The minimum Gasteiger partial charge on any atom is -0.340 e. The van der Waals surface area contributed by atoms with Gasteiger partial charge in [0.1, 0.15) is 6.04 Å². The van der Waals surface area contributed by atoms with E-state index in [4.69, 9.17) is 16.1 Å². The summed E-state index contributed by atoms with van der Waals surface area (Å²) in [6.07, 6.45) is 0.388. The zero-order chi connectivity index (χ0) is 22.5. The first-order valence-corrected chi connectivity index (χ1v) is 10.1. The molecule has 9 heteroatoms. The largest absolute Gasteiger partial charge is 0.340 e. The molecule has 0 saturated carbocycles. The van der Waals surface area contributed by atoms with E-state index in [2.05, 4.69) is 15.5 Å². The number of halogens is 1. The van der Waals surface area contributed by atoms with Crippen molar-refractivity contribution in [1.82, 2.24) is 15.5 Å². The van der Waals surface area contributed by atoms with Crippen LogP contribution in [0.15, 0.2) is 83.4 Å². The van der Waals surface area contributed by atoms with Crippen LogP contribution in [0.3, 0.4) is 0 Å². The summed E-state index contributed by atoms with van der Waals surface area (Å²) in [6, 6.07) is 21.4. The molecule has 3 aromatic carbocycles. The fourth-order valence-electron chi connectivity index (χ4n) is 3.17. The van der Waals surface area contributed by atoms with Gasteiger partial charge < -0.3 is 9.84 Å². The number of aromatic nitrogens is 2. The van der Waals surface area contributed by atoms with Gasteiger partial charge in [0.2, 0.25) is 11.7 Å². The number of amides is 1. The number of nitro groups is 1. The van der Waals surface area contributed by atoms with Crippen LogP contribution in [0.25, 0.3) is 11.4 Å². The van der Waals surface area contributed by atoms with Gasteiger partial charge in [-0.3, -0.25) is 14.9 Å². The normalized spacial score (nSPS) is 11.7. The Morgan fingerprint density at radius 3 is 2.59 bits per heavy atom. The van der Waals surface area contributed by atoms with Gasteiger partial charge in [-0.2, -0.15) is 4.98 Å². The van der Waals surface area contributed by atoms with Crippen LogP contribution in [0, 0.1) is 10.1 Å². The van der Waals surface area contributed by atoms with E-state index >= 15 is 0 Å². The van der Waals surface area contributed by atoms with Crippen molar-refractivity contribution < 1.29 is 14.2 Å². The summed E-state index contributed by atoms with van der Waals surface area (Å²) in [6.45, 7) is 0. The maximum absolute atomic E-state index is 12.9. The summed E-state index contributed by atoms with van der Waals surface area (Å²) in [4.78, 5) is 27.8. The Balaban J connectivity index is 1.63. The summed E-state index contributed by atoms with van der Waals surface area (Å²) in [5, 5.41) is 18.5. The molecule has 0 fully saturated rings. The minimum absolute atomic E-state index is 0.159. The van der Waals surface area contributed by atoms with Gasteiger partial charge in [0, 0.05) is 34.7 Å². The molecule has 0 aliphatic rings. The Hall–Kier alpha value is -4.04. The highest BCUT2D eigenvalue weighted by atomic mass is 35.5. The SMILES string of the molecule is O=C(NC(Cc1ccccc1)c1nc(-c2cccc(Cl)c2)no1)c1cccc([N+](=O)[O-])c1. The van der Waals surface area contributed by atoms with E-state index in [1.165, 1.54) is 24.3 Å². The average molecular weight is 449 g/mol. The predicted octanol–water partition coefficient (Wildman–Crippen LogP) is 5.01. The second-order valence-electron chi connectivity index (χ2n) is 6.99. The first-order valence-electron chi connectivity index (χ1n) is 9.68. The van der Waals surface area contributed by atoms with E-state index in [9.17, 15) is 14.9 Å². The molecule has 1 aromatic heterocycles. The van der Waals surface area contributed by atoms with Crippen molar-refractivity contribution in [3.05, 3.63) is 111 Å². The van der Waals surface area contributed by atoms with Crippen molar-refractivity contribution in [2.75, 3.05) is 0 Å². The molecular weight excluding hydrogens is 432 g/mol. The van der Waals surface area contributed by atoms with Crippen molar-refractivity contribution in [3.63, 3.8) is 0 Å². The lowest BCUT2D eigenvalue weighted by Crippen LogP contribution is -2.30. The fourth-order valence-corrected chi connectivity index (χ4v) is 3.36. The van der Waals surface area contributed by atoms with E-state index in [-0.39, 0.29) is 17.1 Å². The average Bonchev–Trinajstić information content (AvgIpc) is 3.30. The van der Waals surface area contributed by atoms with Crippen molar-refractivity contribution in [2.45, 2.75) is 12.5 Å². The molecule has 0 aliphatic heterocycles. The number of non-ortho nitro benzene ring substituents is 1. The molecule has 0 radical (unpaired) electrons. The molecule has 160 valence electrons. The highest BCUT2D eigenvalue weighted by Crippen LogP contribution is 2.24. The summed E-state index contributed by atoms with van der Waals surface area (Å²) in [5.41, 5.74) is 1.61. The Kier molecular flexibility index (Phi) is 6.23. The van der Waals surface area contributed by atoms with E-state index in [1.807, 2.05) is 30.3 Å². The van der Waals surface area contributed by atoms with Gasteiger partial charge in [0.05, 0.1) is 4.92 Å². The third-order valence-corrected chi connectivity index (χ3v) is 4.96. The van der Waals surface area contributed by atoms with Crippen molar-refractivity contribution in [2.24, 2.45) is 0 Å². The molecule has 1 atom stereocenters. The van der Waals surface area contributed by atoms with Crippen LogP contribution in [0.4, 0.5) is 5.69 Å². The lowest BCUT2D eigenvalue weighted by atomic mass is 10.0. The van der Waals surface area contributed by atoms with Gasteiger partial charge in [-0.05, 0) is 23.8 Å². The molecule has 4 aromatic rings. The zero-order valence-electron chi connectivity index (χ0n) is 16.6. The Labute approximate surface area is 188 Å². The van der Waals surface area contributed by atoms with Crippen LogP contribution in [0.5, 0.6) is 0 Å². The molecule has 0 aliphatic carbocycles. The van der Waals surface area contributed by atoms with E-state index < -0.39 is 16.9 Å². The van der Waals surface area contributed by atoms with Crippen molar-refractivity contribution in [1.29, 1.82) is 0 Å². The second kappa shape index (κ2) is 9.40. The highest BCUT2D eigenvalue weighted by Gasteiger charge is 2.24. The molecule has 32 heavy (non-hydrogen) atoms. The quantitative estimate of drug-likeness (QED) is 0.314. The number of carbonyl (C=O) groups is 1. The maximum Gasteiger partial charge on any atom is 0.270 e. The number of benzene rings is 3. The maximum atomic E-state index is 12.9. The first kappa shape index (κ1) is 21.2. The molecule has 1 unspecified atom stereocenters. The molecule has 8 nitrogen and oxygen atoms in total. The lowest BCUT2D eigenvalue weighted by Gasteiger charge is -2.15. The molecular formula is C23H17ClN4O4. The van der Waals surface area contributed by atoms with E-state index in [1.54, 1.807) is 24.3 Å². The van der Waals surface area contributed by atoms with Crippen LogP contribution >= 0.6 is 11.6 Å². The van der Waals surface area contributed by atoms with Gasteiger partial charge >= 0.3 is 0 Å². The first-order chi connectivity index (χ1) is 15.5. The Morgan fingerprint density at radius 1 is 1.06 bits per heavy atom. The van der Waals surface area contributed by atoms with Crippen LogP contribution in [-0.4, -0.2) is 21.0 Å². The molecule has 0 spiro atoms. The minimum atomic E-state index is -0.649. The molecule has 1 heterocycles. The van der Waals surface area contributed by atoms with Crippen LogP contribution in [-0.2, 0) is 6.42 Å². The zero-order valence-corrected chi connectivity index (χ0v) is 17.4. The van der Waals surface area contributed by atoms with E-state index in [0.717, 1.165) is 5.56 Å². The topological polar surface area (TPSA) is 111 Å². The molecule has 1 N–H and O–H groups in total. The van der Waals surface area contributed by atoms with Crippen molar-refractivity contribution in [3.8, 4) is 11.4 Å². The van der Waals surface area contributed by atoms with Crippen LogP contribution < -0.4 is 5.32 Å². The van der Waals surface area contributed by atoms with Gasteiger partial charge in [-0.1, -0.05) is 65.3 Å². The summed E-state index contributed by atoms with van der Waals surface area (Å²) < 4.78 is 5.46. The fraction of sp³-hybridized carbons (Fsp3) is 0.0870. The van der Waals surface area contributed by atoms with Gasteiger partial charge in [-0.25, -0.2) is 0 Å². The standard InChI is InChI=1S/C23H17ClN4O4/c24-18-10-4-8-16(13-18)21-26-23(32-27-21)20(12-15-6-2-1-3-7-15)25-22(29)17-9-5-11-19(14-17)28(30)31/h1-11,13-14,20H,12H2,(H,25,29). The highest BCUT2D eigenvalue weighted by molar-refractivity contribution is 6.30. The number of rotatable bonds is 7. The van der Waals surface area contributed by atoms with Gasteiger partial charge in [0.15, 0.2) is 0 Å². The number of nitro benzene ring substituents is 1. The molecule has 4 rings (SSSR count). The third-order valence-electron chi connectivity index (χ3n) is 4.73. The number of carbonyl (C=O) groups excluding carboxylic acids is 1. The number of nitrogens with one attached hydrogen (secondary N) is 1. The predicted molar refractivity (Wildman–Crippen MR) is 118 cm³/mol. The molecule has 0 saturated heterocycles. The van der Waals surface area contributed by atoms with Crippen molar-refractivity contribution >= 4 is 23.2 Å². The summed E-state index contributed by atoms with van der Waals surface area (Å²) in [7, 11) is 0. The molecule has 1 amide bonds. The van der Waals surface area contributed by atoms with Crippen LogP contribution in [0.1, 0.15) is 27.9 Å². The monoisotopic (exact) mass is 448 g/mol. The third kappa shape index (κ3) is 4.98. The smallest absolute Gasteiger partial charge is 0.270 e. The lowest BCUT2D eigenvalue weighted by molar-refractivity contribution is -0.384. The summed E-state index contributed by atoms with van der Waals surface area (Å²) >= 11 is 6.05. The van der Waals surface area contributed by atoms with E-state index in [0.29, 0.717) is 22.8 Å². The summed E-state index contributed by atoms with van der Waals surface area (Å²) in [5.74, 6) is 0.0601. The number of hydrogen-bond donors (Lipinski definition) is 1. The Morgan fingerprint density at radius 2 is 1.84 bits per heavy atom. The number of hydrogen-bond acceptors (Lipinski definition) is 6. The van der Waals surface area contributed by atoms with Gasteiger partial charge in [0.25, 0.3) is 11.6 Å².